The summed E-state index contributed by atoms with van der Waals surface area (Å²) in [6, 6.07) is 4.88. The van der Waals surface area contributed by atoms with Crippen LogP contribution in [0.5, 0.6) is 0 Å². The highest BCUT2D eigenvalue weighted by Crippen LogP contribution is 2.26. The fourth-order valence-electron chi connectivity index (χ4n) is 1.73. The Bertz CT molecular complexity index is 531. The number of halogens is 1. The second kappa shape index (κ2) is 6.70. The zero-order valence-corrected chi connectivity index (χ0v) is 13.1. The molecule has 0 radical (unpaired) electrons. The van der Waals surface area contributed by atoms with E-state index in [0.29, 0.717) is 0 Å². The van der Waals surface area contributed by atoms with E-state index >= 15 is 0 Å². The van der Waals surface area contributed by atoms with Gasteiger partial charge in [-0.25, -0.2) is 8.42 Å². The van der Waals surface area contributed by atoms with Crippen molar-refractivity contribution >= 4 is 21.6 Å². The summed E-state index contributed by atoms with van der Waals surface area (Å²) < 4.78 is 26.3. The van der Waals surface area contributed by atoms with Crippen molar-refractivity contribution in [2.45, 2.75) is 37.6 Å². The van der Waals surface area contributed by atoms with E-state index in [2.05, 4.69) is 0 Å². The summed E-state index contributed by atoms with van der Waals surface area (Å²) in [7, 11) is -2.08. The Morgan fingerprint density at radius 2 is 2.05 bits per heavy atom. The summed E-state index contributed by atoms with van der Waals surface area (Å²) in [6.45, 7) is 4.08. The van der Waals surface area contributed by atoms with Crippen LogP contribution in [-0.4, -0.2) is 32.4 Å². The molecule has 0 aliphatic heterocycles. The topological polar surface area (TPSA) is 63.4 Å². The van der Waals surface area contributed by atoms with Gasteiger partial charge in [0.1, 0.15) is 4.90 Å². The van der Waals surface area contributed by atoms with Crippen LogP contribution >= 0.6 is 11.6 Å². The molecule has 0 heterocycles. The van der Waals surface area contributed by atoms with Gasteiger partial charge in [0.25, 0.3) is 0 Å². The monoisotopic (exact) mass is 304 g/mol. The van der Waals surface area contributed by atoms with Gasteiger partial charge in [0, 0.05) is 19.6 Å². The number of hydrogen-bond acceptors (Lipinski definition) is 3. The van der Waals surface area contributed by atoms with Gasteiger partial charge in [-0.05, 0) is 31.0 Å². The highest BCUT2D eigenvalue weighted by molar-refractivity contribution is 7.89. The molecule has 0 spiro atoms. The van der Waals surface area contributed by atoms with Crippen molar-refractivity contribution in [3.05, 3.63) is 28.8 Å². The molecule has 1 rings (SSSR count). The second-order valence-corrected chi connectivity index (χ2v) is 6.99. The van der Waals surface area contributed by atoms with Crippen molar-refractivity contribution in [3.8, 4) is 0 Å². The summed E-state index contributed by atoms with van der Waals surface area (Å²) in [6.07, 6.45) is 1.78. The number of rotatable bonds is 6. The van der Waals surface area contributed by atoms with E-state index in [1.165, 1.54) is 11.4 Å². The predicted molar refractivity (Wildman–Crippen MR) is 78.9 cm³/mol. The van der Waals surface area contributed by atoms with Gasteiger partial charge in [0.2, 0.25) is 10.0 Å². The first-order chi connectivity index (χ1) is 8.84. The maximum atomic E-state index is 12.5. The van der Waals surface area contributed by atoms with Crippen molar-refractivity contribution in [2.75, 3.05) is 13.6 Å². The molecule has 1 aromatic rings. The van der Waals surface area contributed by atoms with Crippen LogP contribution in [0.15, 0.2) is 23.1 Å². The van der Waals surface area contributed by atoms with Crippen LogP contribution in [-0.2, 0) is 16.4 Å². The Balaban J connectivity index is 3.23. The van der Waals surface area contributed by atoms with E-state index in [1.807, 2.05) is 13.0 Å². The minimum absolute atomic E-state index is 0.155. The zero-order chi connectivity index (χ0) is 14.6. The largest absolute Gasteiger partial charge is 0.329 e. The second-order valence-electron chi connectivity index (χ2n) is 4.62. The van der Waals surface area contributed by atoms with E-state index in [-0.39, 0.29) is 22.5 Å². The van der Waals surface area contributed by atoms with Gasteiger partial charge >= 0.3 is 0 Å². The SMILES string of the molecule is CCCc1ccc(Cl)c(S(=O)(=O)N(C)C(C)CN)c1. The Labute approximate surface area is 120 Å². The van der Waals surface area contributed by atoms with Crippen molar-refractivity contribution in [2.24, 2.45) is 5.73 Å². The first-order valence-corrected chi connectivity index (χ1v) is 8.12. The van der Waals surface area contributed by atoms with Crippen LogP contribution in [0.2, 0.25) is 5.02 Å². The average Bonchev–Trinajstić information content (AvgIpc) is 2.39. The molecular weight excluding hydrogens is 284 g/mol. The number of nitrogens with two attached hydrogens (primary N) is 1. The van der Waals surface area contributed by atoms with Crippen molar-refractivity contribution in [3.63, 3.8) is 0 Å². The van der Waals surface area contributed by atoms with Gasteiger partial charge < -0.3 is 5.73 Å². The molecule has 0 fully saturated rings. The molecule has 6 heteroatoms. The lowest BCUT2D eigenvalue weighted by atomic mass is 10.1. The van der Waals surface area contributed by atoms with E-state index in [9.17, 15) is 8.42 Å². The third-order valence-electron chi connectivity index (χ3n) is 3.15. The van der Waals surface area contributed by atoms with E-state index in [4.69, 9.17) is 17.3 Å². The van der Waals surface area contributed by atoms with Crippen LogP contribution in [0, 0.1) is 0 Å². The molecule has 19 heavy (non-hydrogen) atoms. The molecule has 0 saturated heterocycles. The normalized spacial score (nSPS) is 13.8. The van der Waals surface area contributed by atoms with Gasteiger partial charge in [0.05, 0.1) is 5.02 Å². The Hall–Kier alpha value is -0.620. The lowest BCUT2D eigenvalue weighted by Gasteiger charge is -2.23. The van der Waals surface area contributed by atoms with Crippen LogP contribution in [0.25, 0.3) is 0 Å². The molecule has 1 unspecified atom stereocenters. The summed E-state index contributed by atoms with van der Waals surface area (Å²) in [4.78, 5) is 0.155. The number of aryl methyl sites for hydroxylation is 1. The molecule has 0 amide bonds. The third-order valence-corrected chi connectivity index (χ3v) is 5.61. The summed E-state index contributed by atoms with van der Waals surface area (Å²) >= 11 is 6.04. The average molecular weight is 305 g/mol. The Kier molecular flexibility index (Phi) is 5.80. The zero-order valence-electron chi connectivity index (χ0n) is 11.6. The van der Waals surface area contributed by atoms with Crippen LogP contribution < -0.4 is 5.73 Å². The van der Waals surface area contributed by atoms with Gasteiger partial charge in [-0.3, -0.25) is 0 Å². The maximum Gasteiger partial charge on any atom is 0.244 e. The third kappa shape index (κ3) is 3.69. The lowest BCUT2D eigenvalue weighted by Crippen LogP contribution is -2.39. The highest BCUT2D eigenvalue weighted by atomic mass is 35.5. The molecule has 4 nitrogen and oxygen atoms in total. The number of benzene rings is 1. The maximum absolute atomic E-state index is 12.5. The molecule has 0 aromatic heterocycles. The first kappa shape index (κ1) is 16.4. The lowest BCUT2D eigenvalue weighted by molar-refractivity contribution is 0.394. The molecule has 0 aliphatic rings. The minimum atomic E-state index is -3.60. The molecule has 1 aromatic carbocycles. The summed E-state index contributed by atoms with van der Waals surface area (Å²) in [5.41, 5.74) is 6.50. The number of hydrogen-bond donors (Lipinski definition) is 1. The van der Waals surface area contributed by atoms with Crippen LogP contribution in [0.4, 0.5) is 0 Å². The summed E-state index contributed by atoms with van der Waals surface area (Å²) in [5.74, 6) is 0. The molecule has 0 saturated carbocycles. The van der Waals surface area contributed by atoms with Gasteiger partial charge in [0.15, 0.2) is 0 Å². The molecule has 0 bridgehead atoms. The predicted octanol–water partition coefficient (Wildman–Crippen LogP) is 2.26. The van der Waals surface area contributed by atoms with Gasteiger partial charge in [-0.1, -0.05) is 31.0 Å². The fourth-order valence-corrected chi connectivity index (χ4v) is 3.63. The number of sulfonamides is 1. The van der Waals surface area contributed by atoms with Crippen LogP contribution in [0.1, 0.15) is 25.8 Å². The quantitative estimate of drug-likeness (QED) is 0.877. The van der Waals surface area contributed by atoms with Crippen molar-refractivity contribution < 1.29 is 8.42 Å². The molecule has 0 aliphatic carbocycles. The smallest absolute Gasteiger partial charge is 0.244 e. The Morgan fingerprint density at radius 1 is 1.42 bits per heavy atom. The van der Waals surface area contributed by atoms with E-state index < -0.39 is 10.0 Å². The molecule has 108 valence electrons. The van der Waals surface area contributed by atoms with E-state index in [0.717, 1.165) is 18.4 Å². The van der Waals surface area contributed by atoms with Crippen molar-refractivity contribution in [1.29, 1.82) is 0 Å². The van der Waals surface area contributed by atoms with Gasteiger partial charge in [-0.2, -0.15) is 4.31 Å². The highest BCUT2D eigenvalue weighted by Gasteiger charge is 2.27. The Morgan fingerprint density at radius 3 is 2.58 bits per heavy atom. The molecule has 1 atom stereocenters. The van der Waals surface area contributed by atoms with Gasteiger partial charge in [-0.15, -0.1) is 0 Å². The molecule has 2 N–H and O–H groups in total. The number of likely N-dealkylation sites (N-methyl/N-ethyl adjacent to an activating group) is 1. The fraction of sp³-hybridized carbons (Fsp3) is 0.538. The summed E-state index contributed by atoms with van der Waals surface area (Å²) in [5, 5.41) is 0.246. The first-order valence-electron chi connectivity index (χ1n) is 6.31. The standard InChI is InChI=1S/C13H21ClN2O2S/c1-4-5-11-6-7-12(14)13(8-11)19(17,18)16(3)10(2)9-15/h6-8,10H,4-5,9,15H2,1-3H3. The van der Waals surface area contributed by atoms with Crippen LogP contribution in [0.3, 0.4) is 0 Å². The molecular formula is C13H21ClN2O2S. The van der Waals surface area contributed by atoms with E-state index in [1.54, 1.807) is 19.1 Å². The van der Waals surface area contributed by atoms with Crippen molar-refractivity contribution in [1.82, 2.24) is 4.31 Å². The minimum Gasteiger partial charge on any atom is -0.329 e. The number of nitrogens with zero attached hydrogens (tertiary/aromatic N) is 1.